The molecule has 0 aliphatic carbocycles. The Hall–Kier alpha value is -0.683. The molecule has 2 radical (unpaired) electrons. The first-order valence-electron chi connectivity index (χ1n) is 2.09. The van der Waals surface area contributed by atoms with Crippen LogP contribution < -0.4 is 0 Å². The minimum absolute atomic E-state index is 0.127. The van der Waals surface area contributed by atoms with Gasteiger partial charge in [-0.25, -0.2) is 9.18 Å². The molecule has 9 heavy (non-hydrogen) atoms. The van der Waals surface area contributed by atoms with Crippen molar-refractivity contribution in [3.05, 3.63) is 11.9 Å². The third-order valence-corrected chi connectivity index (χ3v) is 0.901. The van der Waals surface area contributed by atoms with Gasteiger partial charge in [0.15, 0.2) is 0 Å². The zero-order valence-corrected chi connectivity index (χ0v) is 5.72. The van der Waals surface area contributed by atoms with Crippen molar-refractivity contribution in [2.75, 3.05) is 0 Å². The molecule has 0 saturated carbocycles. The fourth-order valence-corrected chi connectivity index (χ4v) is 0.410. The molecule has 50 valence electrons. The second-order valence-corrected chi connectivity index (χ2v) is 1.66. The Morgan fingerprint density at radius 2 is 2.44 bits per heavy atom. The molecule has 0 fully saturated rings. The number of carbonyl (C=O) groups is 1. The van der Waals surface area contributed by atoms with Crippen LogP contribution in [0.2, 0.25) is 0 Å². The topological polar surface area (TPSA) is 46.5 Å². The van der Waals surface area contributed by atoms with Crippen molar-refractivity contribution >= 4 is 16.0 Å². The highest BCUT2D eigenvalue weighted by Gasteiger charge is 2.04. The molecule has 0 atom stereocenters. The molecular weight excluding hydrogens is 143 g/mol. The first kappa shape index (κ1) is 8.32. The van der Waals surface area contributed by atoms with Gasteiger partial charge in [-0.2, -0.15) is 0 Å². The third-order valence-electron chi connectivity index (χ3n) is 0.624. The maximum atomic E-state index is 11.4. The predicted octanol–water partition coefficient (Wildman–Crippen LogP) is -0.0706. The van der Waals surface area contributed by atoms with Gasteiger partial charge in [-0.05, 0) is 6.92 Å². The number of carbonyl (C=O) groups excluding carboxylic acids is 1. The fourth-order valence-electron chi connectivity index (χ4n) is 0.166. The summed E-state index contributed by atoms with van der Waals surface area (Å²) in [7, 11) is -0.923. The Labute approximate surface area is 54.2 Å². The zero-order chi connectivity index (χ0) is 7.28. The van der Waals surface area contributed by atoms with Crippen LogP contribution in [0.4, 0.5) is 4.39 Å². The van der Waals surface area contributed by atoms with E-state index in [2.05, 4.69) is 4.43 Å². The molecule has 0 aromatic carbocycles. The van der Waals surface area contributed by atoms with Gasteiger partial charge in [-0.3, -0.25) is 0 Å². The summed E-state index contributed by atoms with van der Waals surface area (Å²) < 4.78 is 15.4. The van der Waals surface area contributed by atoms with Crippen LogP contribution in [0, 0.1) is 0 Å². The highest BCUT2D eigenvalue weighted by Crippen LogP contribution is 1.94. The molecule has 0 rings (SSSR count). The quantitative estimate of drug-likeness (QED) is 0.440. The summed E-state index contributed by atoms with van der Waals surface area (Å²) in [6.45, 7) is 1.25. The number of hydrogen-bond donors (Lipinski definition) is 1. The minimum Gasteiger partial charge on any atom is -0.487 e. The van der Waals surface area contributed by atoms with E-state index in [1.54, 1.807) is 0 Å². The van der Waals surface area contributed by atoms with Crippen molar-refractivity contribution in [1.29, 1.82) is 0 Å². The fraction of sp³-hybridized carbons (Fsp3) is 0.250. The Morgan fingerprint density at radius 1 is 1.89 bits per heavy atom. The van der Waals surface area contributed by atoms with Gasteiger partial charge in [-0.15, -0.1) is 0 Å². The van der Waals surface area contributed by atoms with Gasteiger partial charge in [-0.1, -0.05) is 0 Å². The molecule has 3 nitrogen and oxygen atoms in total. The summed E-state index contributed by atoms with van der Waals surface area (Å²) in [5.74, 6) is -0.835. The van der Waals surface area contributed by atoms with Crippen LogP contribution in [-0.4, -0.2) is 20.8 Å². The van der Waals surface area contributed by atoms with E-state index in [4.69, 9.17) is 4.80 Å². The molecule has 5 heteroatoms. The van der Waals surface area contributed by atoms with Crippen LogP contribution in [0.3, 0.4) is 0 Å². The lowest BCUT2D eigenvalue weighted by Gasteiger charge is -1.94. The molecule has 0 unspecified atom stereocenters. The maximum Gasteiger partial charge on any atom is 0.520 e. The highest BCUT2D eigenvalue weighted by atomic mass is 28.2. The molecule has 0 aromatic rings. The van der Waals surface area contributed by atoms with E-state index >= 15 is 0 Å². The van der Waals surface area contributed by atoms with Gasteiger partial charge >= 0.3 is 16.0 Å². The van der Waals surface area contributed by atoms with E-state index < -0.39 is 16.0 Å². The second kappa shape index (κ2) is 4.22. The van der Waals surface area contributed by atoms with E-state index in [0.29, 0.717) is 0 Å². The Kier molecular flexibility index (Phi) is 3.90. The summed E-state index contributed by atoms with van der Waals surface area (Å²) in [6, 6.07) is 0. The normalized spacial score (nSPS) is 11.2. The Morgan fingerprint density at radius 3 is 2.78 bits per heavy atom. The number of hydrogen-bond acceptors (Lipinski definition) is 3. The monoisotopic (exact) mass is 148 g/mol. The molecule has 1 N–H and O–H groups in total. The van der Waals surface area contributed by atoms with Crippen LogP contribution in [-0.2, 0) is 9.22 Å². The minimum atomic E-state index is -0.923. The first-order chi connectivity index (χ1) is 4.22. The van der Waals surface area contributed by atoms with Crippen molar-refractivity contribution in [2.45, 2.75) is 6.92 Å². The van der Waals surface area contributed by atoms with Crippen LogP contribution in [0.15, 0.2) is 11.9 Å². The maximum absolute atomic E-state index is 11.4. The standard InChI is InChI=1S/C4H5FO3Si/c1-3(2-5)4(6)8-9-7/h2,7H,1H3/b3-2+. The lowest BCUT2D eigenvalue weighted by molar-refractivity contribution is -0.130. The summed E-state index contributed by atoms with van der Waals surface area (Å²) in [5.41, 5.74) is -0.156. The number of halogens is 1. The van der Waals surface area contributed by atoms with Gasteiger partial charge in [0, 0.05) is 0 Å². The summed E-state index contributed by atoms with van der Waals surface area (Å²) in [5, 5.41) is 0. The van der Waals surface area contributed by atoms with E-state index in [1.165, 1.54) is 6.92 Å². The van der Waals surface area contributed by atoms with E-state index in [0.717, 1.165) is 0 Å². The average Bonchev–Trinajstić information content (AvgIpc) is 1.87. The van der Waals surface area contributed by atoms with E-state index in [9.17, 15) is 9.18 Å². The molecule has 0 aliphatic rings. The molecule has 0 bridgehead atoms. The SMILES string of the molecule is C/C(=C\F)C(=O)O[Si]O. The van der Waals surface area contributed by atoms with Gasteiger partial charge in [0.2, 0.25) is 0 Å². The van der Waals surface area contributed by atoms with E-state index in [1.807, 2.05) is 0 Å². The van der Waals surface area contributed by atoms with Crippen LogP contribution >= 0.6 is 0 Å². The molecule has 0 aliphatic heterocycles. The third kappa shape index (κ3) is 2.99. The predicted molar refractivity (Wildman–Crippen MR) is 28.9 cm³/mol. The van der Waals surface area contributed by atoms with Crippen molar-refractivity contribution < 1.29 is 18.4 Å². The zero-order valence-electron chi connectivity index (χ0n) is 4.72. The lowest BCUT2D eigenvalue weighted by atomic mass is 10.4. The summed E-state index contributed by atoms with van der Waals surface area (Å²) in [4.78, 5) is 18.3. The van der Waals surface area contributed by atoms with Crippen molar-refractivity contribution in [1.82, 2.24) is 0 Å². The average molecular weight is 148 g/mol. The molecule has 0 spiro atoms. The van der Waals surface area contributed by atoms with Gasteiger partial charge in [0.05, 0.1) is 11.9 Å². The Bertz CT molecular complexity index is 134. The lowest BCUT2D eigenvalue weighted by Crippen LogP contribution is -2.08. The molecule has 0 saturated heterocycles. The number of rotatable bonds is 2. The van der Waals surface area contributed by atoms with Crippen LogP contribution in [0.25, 0.3) is 0 Å². The van der Waals surface area contributed by atoms with E-state index in [-0.39, 0.29) is 11.9 Å². The summed E-state index contributed by atoms with van der Waals surface area (Å²) >= 11 is 0. The largest absolute Gasteiger partial charge is 0.520 e. The molecule has 0 amide bonds. The van der Waals surface area contributed by atoms with Crippen molar-refractivity contribution in [3.8, 4) is 0 Å². The second-order valence-electron chi connectivity index (χ2n) is 1.27. The Balaban J connectivity index is 3.74. The summed E-state index contributed by atoms with van der Waals surface area (Å²) in [6.07, 6.45) is 0.127. The highest BCUT2D eigenvalue weighted by molar-refractivity contribution is 6.21. The first-order valence-corrected chi connectivity index (χ1v) is 2.95. The smallest absolute Gasteiger partial charge is 0.487 e. The van der Waals surface area contributed by atoms with Crippen molar-refractivity contribution in [3.63, 3.8) is 0 Å². The molecular formula is C4H5FO3Si. The molecule has 0 heterocycles. The van der Waals surface area contributed by atoms with Crippen LogP contribution in [0.1, 0.15) is 6.92 Å². The van der Waals surface area contributed by atoms with Gasteiger partial charge < -0.3 is 9.22 Å². The molecule has 0 aromatic heterocycles. The van der Waals surface area contributed by atoms with Crippen LogP contribution in [0.5, 0.6) is 0 Å². The van der Waals surface area contributed by atoms with Crippen molar-refractivity contribution in [2.24, 2.45) is 0 Å². The van der Waals surface area contributed by atoms with Gasteiger partial charge in [0.25, 0.3) is 0 Å². The van der Waals surface area contributed by atoms with Gasteiger partial charge in [0.1, 0.15) is 0 Å².